The van der Waals surface area contributed by atoms with Gasteiger partial charge in [-0.05, 0) is 31.4 Å². The molecule has 2 N–H and O–H groups in total. The topological polar surface area (TPSA) is 66.7 Å². The van der Waals surface area contributed by atoms with Crippen LogP contribution in [0.1, 0.15) is 27.2 Å². The van der Waals surface area contributed by atoms with Gasteiger partial charge in [0, 0.05) is 39.3 Å². The normalized spacial score (nSPS) is 17.9. The molecule has 1 fully saturated rings. The maximum absolute atomic E-state index is 5.92. The number of morpholine rings is 1. The van der Waals surface area contributed by atoms with Gasteiger partial charge in [0.1, 0.15) is 0 Å². The molecular formula is C22H37IN6O. The second-order valence-electron chi connectivity index (χ2n) is 8.07. The number of ether oxygens (including phenoxy) is 1. The lowest BCUT2D eigenvalue weighted by Crippen LogP contribution is -2.46. The Kier molecular flexibility index (Phi) is 10.9. The van der Waals surface area contributed by atoms with Gasteiger partial charge in [-0.2, -0.15) is 0 Å². The summed E-state index contributed by atoms with van der Waals surface area (Å²) in [4.78, 5) is 11.7. The van der Waals surface area contributed by atoms with E-state index in [2.05, 4.69) is 64.1 Å². The second kappa shape index (κ2) is 13.1. The largest absolute Gasteiger partial charge is 0.374 e. The monoisotopic (exact) mass is 528 g/mol. The van der Waals surface area contributed by atoms with Crippen LogP contribution in [0.4, 0.5) is 0 Å². The van der Waals surface area contributed by atoms with Crippen molar-refractivity contribution < 1.29 is 4.74 Å². The summed E-state index contributed by atoms with van der Waals surface area (Å²) in [6.45, 7) is 13.9. The Bertz CT molecular complexity index is 778. The third-order valence-electron chi connectivity index (χ3n) is 5.04. The van der Waals surface area contributed by atoms with Crippen LogP contribution in [0, 0.1) is 5.92 Å². The Hall–Kier alpha value is -1.39. The second-order valence-corrected chi connectivity index (χ2v) is 8.07. The highest BCUT2D eigenvalue weighted by Gasteiger charge is 2.20. The number of fused-ring (bicyclic) bond motifs is 1. The van der Waals surface area contributed by atoms with E-state index in [1.54, 1.807) is 0 Å². The Morgan fingerprint density at radius 1 is 1.30 bits per heavy atom. The maximum Gasteiger partial charge on any atom is 0.191 e. The molecule has 2 heterocycles. The van der Waals surface area contributed by atoms with E-state index in [4.69, 9.17) is 9.73 Å². The van der Waals surface area contributed by atoms with Crippen molar-refractivity contribution in [1.82, 2.24) is 25.1 Å². The Morgan fingerprint density at radius 2 is 2.13 bits per heavy atom. The van der Waals surface area contributed by atoms with Crippen LogP contribution in [0.25, 0.3) is 11.0 Å². The van der Waals surface area contributed by atoms with Crippen molar-refractivity contribution in [3.8, 4) is 0 Å². The first-order valence-electron chi connectivity index (χ1n) is 10.9. The number of aryl methyl sites for hydroxylation is 1. The molecule has 8 heteroatoms. The molecule has 0 aliphatic carbocycles. The van der Waals surface area contributed by atoms with Crippen LogP contribution in [0.3, 0.4) is 0 Å². The molecule has 0 spiro atoms. The van der Waals surface area contributed by atoms with E-state index in [1.165, 1.54) is 5.52 Å². The first kappa shape index (κ1) is 24.9. The van der Waals surface area contributed by atoms with Crippen LogP contribution in [-0.4, -0.2) is 72.4 Å². The number of guanidine groups is 1. The Morgan fingerprint density at radius 3 is 2.93 bits per heavy atom. The molecule has 0 bridgehead atoms. The summed E-state index contributed by atoms with van der Waals surface area (Å²) in [5.41, 5.74) is 2.24. The van der Waals surface area contributed by atoms with Crippen molar-refractivity contribution in [3.05, 3.63) is 30.6 Å². The number of halogens is 1. The summed E-state index contributed by atoms with van der Waals surface area (Å²) in [5, 5.41) is 6.79. The quantitative estimate of drug-likeness (QED) is 0.227. The number of aromatic nitrogens is 2. The molecule has 7 nitrogen and oxygen atoms in total. The van der Waals surface area contributed by atoms with Crippen molar-refractivity contribution in [2.45, 2.75) is 39.8 Å². The van der Waals surface area contributed by atoms with Gasteiger partial charge >= 0.3 is 0 Å². The summed E-state index contributed by atoms with van der Waals surface area (Å²) in [7, 11) is 0. The predicted octanol–water partition coefficient (Wildman–Crippen LogP) is 2.96. The summed E-state index contributed by atoms with van der Waals surface area (Å²) in [5.74, 6) is 1.55. The number of benzene rings is 1. The number of rotatable bonds is 9. The van der Waals surface area contributed by atoms with Crippen molar-refractivity contribution in [2.24, 2.45) is 10.9 Å². The van der Waals surface area contributed by atoms with Crippen LogP contribution in [0.5, 0.6) is 0 Å². The SMILES string of the molecule is CCNC(=NCC1CN(CC(C)C)CCO1)NCCCn1cnc2ccccc21.I. The number of aliphatic imine (C=N–C) groups is 1. The average Bonchev–Trinajstić information content (AvgIpc) is 3.12. The number of nitrogens with one attached hydrogen (secondary N) is 2. The molecule has 1 aliphatic rings. The lowest BCUT2D eigenvalue weighted by atomic mass is 10.2. The molecule has 1 aliphatic heterocycles. The highest BCUT2D eigenvalue weighted by molar-refractivity contribution is 14.0. The minimum Gasteiger partial charge on any atom is -0.374 e. The van der Waals surface area contributed by atoms with Gasteiger partial charge in [-0.3, -0.25) is 9.89 Å². The minimum absolute atomic E-state index is 0. The van der Waals surface area contributed by atoms with Gasteiger partial charge in [-0.25, -0.2) is 4.98 Å². The molecule has 1 aromatic carbocycles. The van der Waals surface area contributed by atoms with Crippen LogP contribution in [0.2, 0.25) is 0 Å². The number of hydrogen-bond acceptors (Lipinski definition) is 4. The van der Waals surface area contributed by atoms with Gasteiger partial charge in [-0.1, -0.05) is 26.0 Å². The van der Waals surface area contributed by atoms with Gasteiger partial charge < -0.3 is 19.9 Å². The highest BCUT2D eigenvalue weighted by Crippen LogP contribution is 2.12. The van der Waals surface area contributed by atoms with Crippen molar-refractivity contribution in [3.63, 3.8) is 0 Å². The molecule has 1 unspecified atom stereocenters. The fourth-order valence-electron chi connectivity index (χ4n) is 3.75. The molecule has 0 radical (unpaired) electrons. The predicted molar refractivity (Wildman–Crippen MR) is 135 cm³/mol. The average molecular weight is 528 g/mol. The number of nitrogens with zero attached hydrogens (tertiary/aromatic N) is 4. The zero-order valence-corrected chi connectivity index (χ0v) is 20.8. The van der Waals surface area contributed by atoms with E-state index in [0.717, 1.165) is 63.8 Å². The molecule has 0 saturated carbocycles. The third-order valence-corrected chi connectivity index (χ3v) is 5.04. The van der Waals surface area contributed by atoms with Gasteiger partial charge in [0.25, 0.3) is 0 Å². The molecule has 168 valence electrons. The summed E-state index contributed by atoms with van der Waals surface area (Å²) in [6, 6.07) is 8.26. The standard InChI is InChI=1S/C22H36N6O.HI/c1-4-23-22(25-14-19-16-27(12-13-29-19)15-18(2)3)24-10-7-11-28-17-26-20-8-5-6-9-21(20)28;/h5-6,8-9,17-19H,4,7,10-16H2,1-3H3,(H2,23,24,25);1H. The van der Waals surface area contributed by atoms with Crippen LogP contribution in [-0.2, 0) is 11.3 Å². The molecule has 0 amide bonds. The molecule has 1 aromatic heterocycles. The molecular weight excluding hydrogens is 491 g/mol. The van der Waals surface area contributed by atoms with Crippen LogP contribution >= 0.6 is 24.0 Å². The fourth-order valence-corrected chi connectivity index (χ4v) is 3.75. The van der Waals surface area contributed by atoms with Gasteiger partial charge in [0.15, 0.2) is 5.96 Å². The lowest BCUT2D eigenvalue weighted by Gasteiger charge is -2.33. The number of hydrogen-bond donors (Lipinski definition) is 2. The summed E-state index contributed by atoms with van der Waals surface area (Å²) in [6.07, 6.45) is 3.11. The molecule has 3 rings (SSSR count). The number of para-hydroxylation sites is 2. The van der Waals surface area contributed by atoms with Gasteiger partial charge in [0.05, 0.1) is 36.6 Å². The van der Waals surface area contributed by atoms with Crippen molar-refractivity contribution >= 4 is 41.0 Å². The molecule has 30 heavy (non-hydrogen) atoms. The van der Waals surface area contributed by atoms with E-state index in [-0.39, 0.29) is 30.1 Å². The summed E-state index contributed by atoms with van der Waals surface area (Å²) < 4.78 is 8.13. The highest BCUT2D eigenvalue weighted by atomic mass is 127. The molecule has 1 atom stereocenters. The number of imidazole rings is 1. The van der Waals surface area contributed by atoms with E-state index in [0.29, 0.717) is 12.5 Å². The minimum atomic E-state index is 0. The van der Waals surface area contributed by atoms with E-state index in [9.17, 15) is 0 Å². The zero-order valence-electron chi connectivity index (χ0n) is 18.5. The van der Waals surface area contributed by atoms with Gasteiger partial charge in [0.2, 0.25) is 0 Å². The fraction of sp³-hybridized carbons (Fsp3) is 0.636. The third kappa shape index (κ3) is 7.70. The lowest BCUT2D eigenvalue weighted by molar-refractivity contribution is -0.0261. The van der Waals surface area contributed by atoms with Crippen LogP contribution < -0.4 is 10.6 Å². The zero-order chi connectivity index (χ0) is 20.5. The van der Waals surface area contributed by atoms with Crippen LogP contribution in [0.15, 0.2) is 35.6 Å². The molecule has 1 saturated heterocycles. The first-order chi connectivity index (χ1) is 14.2. The van der Waals surface area contributed by atoms with E-state index in [1.807, 2.05) is 12.4 Å². The smallest absolute Gasteiger partial charge is 0.191 e. The van der Waals surface area contributed by atoms with E-state index >= 15 is 0 Å². The van der Waals surface area contributed by atoms with Crippen molar-refractivity contribution in [1.29, 1.82) is 0 Å². The Labute approximate surface area is 197 Å². The summed E-state index contributed by atoms with van der Waals surface area (Å²) >= 11 is 0. The van der Waals surface area contributed by atoms with Gasteiger partial charge in [-0.15, -0.1) is 24.0 Å². The van der Waals surface area contributed by atoms with E-state index < -0.39 is 0 Å². The van der Waals surface area contributed by atoms with Crippen molar-refractivity contribution in [2.75, 3.05) is 45.9 Å². The molecule has 2 aromatic rings. The Balaban J connectivity index is 0.00000320. The maximum atomic E-state index is 5.92. The first-order valence-corrected chi connectivity index (χ1v) is 10.9.